The van der Waals surface area contributed by atoms with E-state index >= 15 is 0 Å². The fourth-order valence-corrected chi connectivity index (χ4v) is 4.36. The zero-order valence-electron chi connectivity index (χ0n) is 23.3. The third-order valence-electron chi connectivity index (χ3n) is 6.04. The summed E-state index contributed by atoms with van der Waals surface area (Å²) in [5.74, 6) is -0.996. The number of Topliss-reactive ketones (excluding diaryl/α,β-unsaturated/α-hetero) is 2. The SMILES string of the molecule is C=C(CC)C(=O)c1ccc(OCC(=O)NCCCCNC(=O)COc2ccc(C(=O)C(=C)CC)c(Cl)c2Cl)c(Cl)c1Cl. The molecular formula is C30H32Cl4N2O6. The number of unbranched alkanes of at least 4 members (excludes halogenated alkanes) is 1. The van der Waals surface area contributed by atoms with Crippen LogP contribution in [0.5, 0.6) is 11.5 Å². The lowest BCUT2D eigenvalue weighted by atomic mass is 10.0. The first-order valence-corrected chi connectivity index (χ1v) is 14.6. The first kappa shape index (κ1) is 35.2. The van der Waals surface area contributed by atoms with Crippen LogP contribution in [-0.4, -0.2) is 49.7 Å². The van der Waals surface area contributed by atoms with Crippen LogP contribution in [0, 0.1) is 0 Å². The van der Waals surface area contributed by atoms with Gasteiger partial charge in [0.2, 0.25) is 0 Å². The van der Waals surface area contributed by atoms with Crippen LogP contribution in [0.15, 0.2) is 48.6 Å². The van der Waals surface area contributed by atoms with Gasteiger partial charge in [0, 0.05) is 24.2 Å². The van der Waals surface area contributed by atoms with Crippen LogP contribution in [0.1, 0.15) is 60.2 Å². The largest absolute Gasteiger partial charge is 0.482 e. The van der Waals surface area contributed by atoms with E-state index < -0.39 is 0 Å². The van der Waals surface area contributed by atoms with Crippen LogP contribution in [0.3, 0.4) is 0 Å². The Morgan fingerprint density at radius 1 is 0.643 bits per heavy atom. The molecule has 0 spiro atoms. The van der Waals surface area contributed by atoms with E-state index in [4.69, 9.17) is 55.9 Å². The highest BCUT2D eigenvalue weighted by Crippen LogP contribution is 2.37. The van der Waals surface area contributed by atoms with E-state index in [-0.39, 0.29) is 79.3 Å². The van der Waals surface area contributed by atoms with Gasteiger partial charge in [-0.3, -0.25) is 19.2 Å². The molecule has 2 amide bonds. The van der Waals surface area contributed by atoms with Gasteiger partial charge in [-0.15, -0.1) is 0 Å². The van der Waals surface area contributed by atoms with E-state index in [1.54, 1.807) is 0 Å². The second-order valence-corrected chi connectivity index (χ2v) is 10.5. The Labute approximate surface area is 265 Å². The van der Waals surface area contributed by atoms with Crippen molar-refractivity contribution in [2.24, 2.45) is 0 Å². The highest BCUT2D eigenvalue weighted by molar-refractivity contribution is 6.46. The second-order valence-electron chi connectivity index (χ2n) is 9.04. The standard InChI is InChI=1S/C30H32Cl4N2O6/c1-5-17(3)29(39)19-9-11-21(27(33)25(19)31)41-15-23(37)35-13-7-8-14-36-24(38)16-42-22-12-10-20(26(32)28(22)34)30(40)18(4)6-2/h9-12H,3-8,13-16H2,1-2H3,(H,35,37)(H,36,38). The fourth-order valence-electron chi connectivity index (χ4n) is 3.43. The minimum Gasteiger partial charge on any atom is -0.482 e. The molecule has 0 aromatic heterocycles. The van der Waals surface area contributed by atoms with Crippen molar-refractivity contribution >= 4 is 69.8 Å². The van der Waals surface area contributed by atoms with Crippen molar-refractivity contribution in [3.63, 3.8) is 0 Å². The summed E-state index contributed by atoms with van der Waals surface area (Å²) in [5.41, 5.74) is 1.25. The number of ketones is 2. The van der Waals surface area contributed by atoms with Crippen LogP contribution in [-0.2, 0) is 9.59 Å². The lowest BCUT2D eigenvalue weighted by molar-refractivity contribution is -0.124. The van der Waals surface area contributed by atoms with Gasteiger partial charge in [-0.05, 0) is 61.1 Å². The predicted molar refractivity (Wildman–Crippen MR) is 167 cm³/mol. The first-order chi connectivity index (χ1) is 19.9. The van der Waals surface area contributed by atoms with E-state index in [1.165, 1.54) is 24.3 Å². The van der Waals surface area contributed by atoms with Crippen molar-refractivity contribution in [2.75, 3.05) is 26.3 Å². The summed E-state index contributed by atoms with van der Waals surface area (Å²) in [4.78, 5) is 48.9. The predicted octanol–water partition coefficient (Wildman–Crippen LogP) is 7.07. The minimum absolute atomic E-state index is 0.0367. The number of amides is 2. The van der Waals surface area contributed by atoms with Gasteiger partial charge in [0.15, 0.2) is 24.8 Å². The Kier molecular flexibility index (Phi) is 14.4. The first-order valence-electron chi connectivity index (χ1n) is 13.1. The zero-order chi connectivity index (χ0) is 31.4. The molecule has 2 aromatic carbocycles. The number of allylic oxidation sites excluding steroid dienone is 2. The summed E-state index contributed by atoms with van der Waals surface area (Å²) in [6.45, 7) is 11.2. The summed E-state index contributed by atoms with van der Waals surface area (Å²) >= 11 is 24.9. The Hall–Kier alpha value is -3.04. The summed E-state index contributed by atoms with van der Waals surface area (Å²) in [5, 5.41) is 5.57. The lowest BCUT2D eigenvalue weighted by Crippen LogP contribution is -2.32. The molecule has 0 fully saturated rings. The van der Waals surface area contributed by atoms with E-state index in [0.29, 0.717) is 49.9 Å². The second kappa shape index (κ2) is 17.2. The number of carbonyl (C=O) groups is 4. The Bertz CT molecular complexity index is 1270. The van der Waals surface area contributed by atoms with Gasteiger partial charge in [-0.2, -0.15) is 0 Å². The fraction of sp³-hybridized carbons (Fsp3) is 0.333. The number of halogens is 4. The number of carbonyl (C=O) groups excluding carboxylic acids is 4. The van der Waals surface area contributed by atoms with Gasteiger partial charge < -0.3 is 20.1 Å². The van der Waals surface area contributed by atoms with Crippen LogP contribution >= 0.6 is 46.4 Å². The Balaban J connectivity index is 1.68. The van der Waals surface area contributed by atoms with E-state index in [2.05, 4.69) is 23.8 Å². The van der Waals surface area contributed by atoms with Crippen LogP contribution in [0.4, 0.5) is 0 Å². The third kappa shape index (κ3) is 9.76. The highest BCUT2D eigenvalue weighted by Gasteiger charge is 2.20. The smallest absolute Gasteiger partial charge is 0.257 e. The summed E-state index contributed by atoms with van der Waals surface area (Å²) in [6.07, 6.45) is 2.15. The summed E-state index contributed by atoms with van der Waals surface area (Å²) in [6, 6.07) is 5.93. The summed E-state index contributed by atoms with van der Waals surface area (Å²) in [7, 11) is 0. The molecule has 0 unspecified atom stereocenters. The number of hydrogen-bond acceptors (Lipinski definition) is 6. The van der Waals surface area contributed by atoms with E-state index in [9.17, 15) is 19.2 Å². The molecule has 2 rings (SSSR count). The molecule has 0 heterocycles. The van der Waals surface area contributed by atoms with Crippen molar-refractivity contribution in [2.45, 2.75) is 39.5 Å². The van der Waals surface area contributed by atoms with Crippen molar-refractivity contribution in [1.29, 1.82) is 0 Å². The lowest BCUT2D eigenvalue weighted by Gasteiger charge is -2.13. The van der Waals surface area contributed by atoms with Crippen LogP contribution in [0.25, 0.3) is 0 Å². The van der Waals surface area contributed by atoms with Crippen molar-refractivity contribution in [1.82, 2.24) is 10.6 Å². The maximum Gasteiger partial charge on any atom is 0.257 e. The van der Waals surface area contributed by atoms with Crippen molar-refractivity contribution < 1.29 is 28.7 Å². The molecule has 0 saturated heterocycles. The Morgan fingerprint density at radius 3 is 1.33 bits per heavy atom. The van der Waals surface area contributed by atoms with E-state index in [1.807, 2.05) is 13.8 Å². The molecule has 42 heavy (non-hydrogen) atoms. The Morgan fingerprint density at radius 2 is 1.00 bits per heavy atom. The molecule has 0 aliphatic rings. The molecule has 0 aliphatic carbocycles. The minimum atomic E-state index is -0.374. The molecule has 2 aromatic rings. The molecule has 0 bridgehead atoms. The highest BCUT2D eigenvalue weighted by atomic mass is 35.5. The molecule has 0 saturated carbocycles. The van der Waals surface area contributed by atoms with E-state index in [0.717, 1.165) is 0 Å². The summed E-state index contributed by atoms with van der Waals surface area (Å²) < 4.78 is 10.9. The molecule has 226 valence electrons. The molecule has 12 heteroatoms. The zero-order valence-corrected chi connectivity index (χ0v) is 26.4. The number of rotatable bonds is 17. The maximum absolute atomic E-state index is 12.3. The number of hydrogen-bond donors (Lipinski definition) is 2. The quantitative estimate of drug-likeness (QED) is 0.107. The average molecular weight is 658 g/mol. The van der Waals surface area contributed by atoms with Gasteiger partial charge in [-0.1, -0.05) is 73.4 Å². The monoisotopic (exact) mass is 656 g/mol. The molecule has 8 nitrogen and oxygen atoms in total. The molecular weight excluding hydrogens is 626 g/mol. The maximum atomic E-state index is 12.3. The number of nitrogens with one attached hydrogen (secondary N) is 2. The normalized spacial score (nSPS) is 10.5. The average Bonchev–Trinajstić information content (AvgIpc) is 2.98. The number of benzene rings is 2. The molecule has 2 N–H and O–H groups in total. The molecule has 0 atom stereocenters. The van der Waals surface area contributed by atoms with Crippen LogP contribution in [0.2, 0.25) is 20.1 Å². The van der Waals surface area contributed by atoms with Gasteiger partial charge in [0.05, 0.1) is 10.0 Å². The number of ether oxygens (including phenoxy) is 2. The topological polar surface area (TPSA) is 111 Å². The van der Waals surface area contributed by atoms with Gasteiger partial charge >= 0.3 is 0 Å². The van der Waals surface area contributed by atoms with Gasteiger partial charge in [0.1, 0.15) is 21.5 Å². The third-order valence-corrected chi connectivity index (χ3v) is 7.77. The molecule has 0 aliphatic heterocycles. The van der Waals surface area contributed by atoms with Gasteiger partial charge in [-0.25, -0.2) is 0 Å². The van der Waals surface area contributed by atoms with Crippen LogP contribution < -0.4 is 20.1 Å². The van der Waals surface area contributed by atoms with Crippen molar-refractivity contribution in [3.05, 3.63) is 79.8 Å². The van der Waals surface area contributed by atoms with Crippen molar-refractivity contribution in [3.8, 4) is 11.5 Å². The molecule has 0 radical (unpaired) electrons. The van der Waals surface area contributed by atoms with Gasteiger partial charge in [0.25, 0.3) is 11.8 Å².